The highest BCUT2D eigenvalue weighted by Gasteiger charge is 2.26. The van der Waals surface area contributed by atoms with E-state index in [9.17, 15) is 4.79 Å². The summed E-state index contributed by atoms with van der Waals surface area (Å²) in [5.41, 5.74) is 3.36. The molecule has 1 amide bonds. The number of rotatable bonds is 3. The lowest BCUT2D eigenvalue weighted by Gasteiger charge is -2.35. The maximum absolute atomic E-state index is 12.2. The molecule has 1 fully saturated rings. The lowest BCUT2D eigenvalue weighted by Crippen LogP contribution is -2.49. The van der Waals surface area contributed by atoms with Gasteiger partial charge >= 0.3 is 6.09 Å². The summed E-state index contributed by atoms with van der Waals surface area (Å²) in [4.78, 5) is 30.5. The van der Waals surface area contributed by atoms with E-state index in [1.807, 2.05) is 39.2 Å². The van der Waals surface area contributed by atoms with Crippen LogP contribution in [0.15, 0.2) is 37.2 Å². The van der Waals surface area contributed by atoms with Crippen LogP contribution in [0.25, 0.3) is 22.2 Å². The van der Waals surface area contributed by atoms with Crippen LogP contribution in [0, 0.1) is 0 Å². The molecule has 3 aromatic heterocycles. The summed E-state index contributed by atoms with van der Waals surface area (Å²) in [7, 11) is 0. The van der Waals surface area contributed by atoms with Crippen LogP contribution in [-0.4, -0.2) is 50.8 Å². The van der Waals surface area contributed by atoms with Crippen molar-refractivity contribution in [3.63, 3.8) is 0 Å². The number of fused-ring (bicyclic) bond motifs is 1. The Balaban J connectivity index is 1.60. The molecule has 29 heavy (non-hydrogen) atoms. The molecule has 4 heterocycles. The molecule has 0 bridgehead atoms. The van der Waals surface area contributed by atoms with Crippen molar-refractivity contribution in [1.82, 2.24) is 25.3 Å². The summed E-state index contributed by atoms with van der Waals surface area (Å²) in [6.07, 6.45) is 10.4. The zero-order chi connectivity index (χ0) is 20.4. The lowest BCUT2D eigenvalue weighted by molar-refractivity contribution is 0.0500. The van der Waals surface area contributed by atoms with E-state index in [1.54, 1.807) is 12.4 Å². The molecule has 4 rings (SSSR count). The van der Waals surface area contributed by atoms with E-state index >= 15 is 0 Å². The number of amides is 1. The van der Waals surface area contributed by atoms with Crippen molar-refractivity contribution in [2.45, 2.75) is 45.3 Å². The molecule has 0 aliphatic carbocycles. The number of aromatic amines is 1. The number of alkyl carbamates (subject to hydrolysis) is 1. The Kier molecular flexibility index (Phi) is 5.08. The molecule has 1 saturated heterocycles. The number of aromatic nitrogens is 4. The van der Waals surface area contributed by atoms with Crippen molar-refractivity contribution in [2.24, 2.45) is 0 Å². The van der Waals surface area contributed by atoms with Crippen molar-refractivity contribution in [3.8, 4) is 11.1 Å². The predicted octanol–water partition coefficient (Wildman–Crippen LogP) is 3.51. The molecule has 1 aliphatic heterocycles. The third-order valence-electron chi connectivity index (χ3n) is 4.91. The van der Waals surface area contributed by atoms with E-state index in [0.717, 1.165) is 47.2 Å². The highest BCUT2D eigenvalue weighted by molar-refractivity contribution is 6.02. The molecule has 0 spiro atoms. The van der Waals surface area contributed by atoms with Crippen LogP contribution >= 0.6 is 0 Å². The Hall–Kier alpha value is -3.16. The number of nitrogens with zero attached hydrogens (tertiary/aromatic N) is 4. The number of nitrogens with one attached hydrogen (secondary N) is 2. The van der Waals surface area contributed by atoms with Gasteiger partial charge in [-0.15, -0.1) is 0 Å². The first-order valence-electron chi connectivity index (χ1n) is 9.86. The van der Waals surface area contributed by atoms with E-state index < -0.39 is 5.60 Å². The summed E-state index contributed by atoms with van der Waals surface area (Å²) in [5, 5.41) is 4.06. The van der Waals surface area contributed by atoms with Crippen molar-refractivity contribution in [2.75, 3.05) is 18.0 Å². The molecule has 1 atom stereocenters. The molecule has 0 saturated carbocycles. The van der Waals surface area contributed by atoms with Crippen LogP contribution in [0.5, 0.6) is 0 Å². The number of hydrogen-bond donors (Lipinski definition) is 2. The van der Waals surface area contributed by atoms with Gasteiger partial charge in [0.2, 0.25) is 0 Å². The number of carbonyl (C=O) groups is 1. The van der Waals surface area contributed by atoms with Gasteiger partial charge in [0.25, 0.3) is 0 Å². The van der Waals surface area contributed by atoms with Crippen molar-refractivity contribution in [3.05, 3.63) is 37.2 Å². The second-order valence-electron chi connectivity index (χ2n) is 8.31. The average molecular weight is 394 g/mol. The van der Waals surface area contributed by atoms with Crippen molar-refractivity contribution >= 4 is 22.8 Å². The summed E-state index contributed by atoms with van der Waals surface area (Å²) in [5.74, 6) is 0. The molecule has 0 aromatic carbocycles. The molecular weight excluding hydrogens is 368 g/mol. The summed E-state index contributed by atoms with van der Waals surface area (Å²) in [6.45, 7) is 7.24. The Morgan fingerprint density at radius 3 is 2.86 bits per heavy atom. The van der Waals surface area contributed by atoms with Crippen LogP contribution in [0.4, 0.5) is 10.5 Å². The van der Waals surface area contributed by atoms with Gasteiger partial charge in [0.05, 0.1) is 5.39 Å². The monoisotopic (exact) mass is 394 g/mol. The second-order valence-corrected chi connectivity index (χ2v) is 8.31. The fraction of sp³-hybridized carbons (Fsp3) is 0.429. The maximum atomic E-state index is 12.2. The molecular formula is C21H26N6O2. The predicted molar refractivity (Wildman–Crippen MR) is 112 cm³/mol. The van der Waals surface area contributed by atoms with Crippen molar-refractivity contribution < 1.29 is 9.53 Å². The molecule has 152 valence electrons. The number of ether oxygens (including phenoxy) is 1. The lowest BCUT2D eigenvalue weighted by atomic mass is 10.0. The first-order valence-corrected chi connectivity index (χ1v) is 9.86. The zero-order valence-corrected chi connectivity index (χ0v) is 17.0. The zero-order valence-electron chi connectivity index (χ0n) is 17.0. The third kappa shape index (κ3) is 4.31. The minimum Gasteiger partial charge on any atom is -0.444 e. The Bertz CT molecular complexity index is 995. The molecule has 2 N–H and O–H groups in total. The van der Waals surface area contributed by atoms with Crippen LogP contribution in [0.1, 0.15) is 33.6 Å². The first kappa shape index (κ1) is 19.2. The topological polar surface area (TPSA) is 96.0 Å². The van der Waals surface area contributed by atoms with Gasteiger partial charge in [0.1, 0.15) is 17.6 Å². The quantitative estimate of drug-likeness (QED) is 0.706. The number of H-pyrrole nitrogens is 1. The molecule has 0 radical (unpaired) electrons. The van der Waals surface area contributed by atoms with Gasteiger partial charge in [-0.05, 0) is 39.7 Å². The van der Waals surface area contributed by atoms with Crippen molar-refractivity contribution in [1.29, 1.82) is 0 Å². The fourth-order valence-electron chi connectivity index (χ4n) is 3.76. The molecule has 1 unspecified atom stereocenters. The van der Waals surface area contributed by atoms with Crippen LogP contribution < -0.4 is 10.2 Å². The summed E-state index contributed by atoms with van der Waals surface area (Å²) >= 11 is 0. The highest BCUT2D eigenvalue weighted by Crippen LogP contribution is 2.35. The Morgan fingerprint density at radius 2 is 2.10 bits per heavy atom. The van der Waals surface area contributed by atoms with E-state index in [1.165, 1.54) is 6.33 Å². The van der Waals surface area contributed by atoms with Gasteiger partial charge in [-0.3, -0.25) is 0 Å². The van der Waals surface area contributed by atoms with Gasteiger partial charge < -0.3 is 19.9 Å². The van der Waals surface area contributed by atoms with Crippen LogP contribution in [-0.2, 0) is 4.74 Å². The normalized spacial score (nSPS) is 17.3. The minimum absolute atomic E-state index is 0.0317. The molecule has 1 aliphatic rings. The van der Waals surface area contributed by atoms with Gasteiger partial charge in [0, 0.05) is 60.7 Å². The van der Waals surface area contributed by atoms with Gasteiger partial charge in [-0.2, -0.15) is 0 Å². The Labute approximate surface area is 169 Å². The molecule has 3 aromatic rings. The smallest absolute Gasteiger partial charge is 0.407 e. The van der Waals surface area contributed by atoms with Gasteiger partial charge in [-0.25, -0.2) is 19.7 Å². The number of piperidine rings is 1. The number of carbonyl (C=O) groups excluding carboxylic acids is 1. The Morgan fingerprint density at radius 1 is 1.31 bits per heavy atom. The highest BCUT2D eigenvalue weighted by atomic mass is 16.6. The van der Waals surface area contributed by atoms with E-state index in [4.69, 9.17) is 4.74 Å². The average Bonchev–Trinajstić information content (AvgIpc) is 3.11. The van der Waals surface area contributed by atoms with Gasteiger partial charge in [0.15, 0.2) is 0 Å². The number of anilines is 1. The number of hydrogen-bond acceptors (Lipinski definition) is 6. The summed E-state index contributed by atoms with van der Waals surface area (Å²) in [6, 6.07) is 2.06. The summed E-state index contributed by atoms with van der Waals surface area (Å²) < 4.78 is 5.42. The third-order valence-corrected chi connectivity index (χ3v) is 4.91. The van der Waals surface area contributed by atoms with Gasteiger partial charge in [-0.1, -0.05) is 0 Å². The molecule has 8 heteroatoms. The fourth-order valence-corrected chi connectivity index (χ4v) is 3.76. The van der Waals surface area contributed by atoms with Crippen LogP contribution in [0.3, 0.4) is 0 Å². The second kappa shape index (κ2) is 7.69. The van der Waals surface area contributed by atoms with Crippen LogP contribution in [0.2, 0.25) is 0 Å². The molecule has 8 nitrogen and oxygen atoms in total. The standard InChI is InChI=1S/C21H26N6O2/c1-21(2,3)29-20(28)26-15-5-4-8-27(12-15)17-6-7-24-19-18(17)16(11-25-19)14-9-22-13-23-10-14/h6-7,9-11,13,15H,4-5,8,12H2,1-3H3,(H,24,25)(H,26,28). The van der Waals surface area contributed by atoms with E-state index in [0.29, 0.717) is 6.54 Å². The maximum Gasteiger partial charge on any atom is 0.407 e. The number of pyridine rings is 1. The first-order chi connectivity index (χ1) is 13.9. The van der Waals surface area contributed by atoms with E-state index in [-0.39, 0.29) is 12.1 Å². The SMILES string of the molecule is CC(C)(C)OC(=O)NC1CCCN(c2ccnc3[nH]cc(-c4cncnc4)c23)C1. The minimum atomic E-state index is -0.506. The largest absolute Gasteiger partial charge is 0.444 e. The van der Waals surface area contributed by atoms with E-state index in [2.05, 4.69) is 30.2 Å².